The lowest BCUT2D eigenvalue weighted by Crippen LogP contribution is -2.36. The van der Waals surface area contributed by atoms with Crippen molar-refractivity contribution in [1.82, 2.24) is 5.32 Å². The molecule has 3 rings (SSSR count). The third-order valence-corrected chi connectivity index (χ3v) is 4.54. The van der Waals surface area contributed by atoms with Gasteiger partial charge in [-0.15, -0.1) is 0 Å². The quantitative estimate of drug-likeness (QED) is 0.730. The van der Waals surface area contributed by atoms with Gasteiger partial charge in [0.05, 0.1) is 0 Å². The van der Waals surface area contributed by atoms with Crippen LogP contribution in [0.3, 0.4) is 0 Å². The SMILES string of the molecule is Nc1ccc(CNc2cccc(C(=O)NC3CCCCC3)c2)cc1. The van der Waals surface area contributed by atoms with E-state index in [-0.39, 0.29) is 5.91 Å². The molecule has 24 heavy (non-hydrogen) atoms. The average Bonchev–Trinajstić information content (AvgIpc) is 2.62. The average molecular weight is 323 g/mol. The van der Waals surface area contributed by atoms with E-state index in [0.717, 1.165) is 29.8 Å². The van der Waals surface area contributed by atoms with Crippen molar-refractivity contribution in [3.63, 3.8) is 0 Å². The molecular formula is C20H25N3O. The first-order chi connectivity index (χ1) is 11.7. The van der Waals surface area contributed by atoms with Crippen molar-refractivity contribution in [1.29, 1.82) is 0 Å². The molecule has 126 valence electrons. The lowest BCUT2D eigenvalue weighted by Gasteiger charge is -2.22. The van der Waals surface area contributed by atoms with Crippen molar-refractivity contribution in [2.75, 3.05) is 11.1 Å². The number of hydrogen-bond acceptors (Lipinski definition) is 3. The van der Waals surface area contributed by atoms with Crippen molar-refractivity contribution in [3.8, 4) is 0 Å². The van der Waals surface area contributed by atoms with Crippen LogP contribution in [0.15, 0.2) is 48.5 Å². The number of carbonyl (C=O) groups excluding carboxylic acids is 1. The van der Waals surface area contributed by atoms with Crippen molar-refractivity contribution in [2.24, 2.45) is 0 Å². The molecule has 0 aromatic heterocycles. The normalized spacial score (nSPS) is 15.0. The van der Waals surface area contributed by atoms with Gasteiger partial charge in [0.15, 0.2) is 0 Å². The Balaban J connectivity index is 1.58. The number of amides is 1. The monoisotopic (exact) mass is 323 g/mol. The van der Waals surface area contributed by atoms with Crippen LogP contribution < -0.4 is 16.4 Å². The number of rotatable bonds is 5. The molecule has 0 unspecified atom stereocenters. The first-order valence-electron chi connectivity index (χ1n) is 8.70. The molecule has 4 heteroatoms. The largest absolute Gasteiger partial charge is 0.399 e. The predicted molar refractivity (Wildman–Crippen MR) is 99.0 cm³/mol. The molecule has 0 aliphatic heterocycles. The fraction of sp³-hybridized carbons (Fsp3) is 0.350. The van der Waals surface area contributed by atoms with E-state index >= 15 is 0 Å². The van der Waals surface area contributed by atoms with E-state index in [1.165, 1.54) is 19.3 Å². The fourth-order valence-corrected chi connectivity index (χ4v) is 3.13. The van der Waals surface area contributed by atoms with Gasteiger partial charge in [-0.2, -0.15) is 0 Å². The molecule has 0 radical (unpaired) electrons. The second-order valence-electron chi connectivity index (χ2n) is 6.48. The Kier molecular flexibility index (Phi) is 5.36. The van der Waals surface area contributed by atoms with Crippen LogP contribution in [0.1, 0.15) is 48.0 Å². The minimum atomic E-state index is 0.0260. The molecule has 0 spiro atoms. The highest BCUT2D eigenvalue weighted by atomic mass is 16.1. The summed E-state index contributed by atoms with van der Waals surface area (Å²) in [5, 5.41) is 6.52. The maximum atomic E-state index is 12.4. The Bertz CT molecular complexity index is 676. The smallest absolute Gasteiger partial charge is 0.251 e. The third-order valence-electron chi connectivity index (χ3n) is 4.54. The van der Waals surface area contributed by atoms with E-state index in [1.807, 2.05) is 48.5 Å². The van der Waals surface area contributed by atoms with Gasteiger partial charge in [-0.3, -0.25) is 4.79 Å². The topological polar surface area (TPSA) is 67.1 Å². The molecule has 0 atom stereocenters. The van der Waals surface area contributed by atoms with Crippen LogP contribution in [0.25, 0.3) is 0 Å². The van der Waals surface area contributed by atoms with Crippen molar-refractivity contribution in [2.45, 2.75) is 44.7 Å². The van der Waals surface area contributed by atoms with Gasteiger partial charge in [-0.05, 0) is 48.7 Å². The Morgan fingerprint density at radius 3 is 2.54 bits per heavy atom. The van der Waals surface area contributed by atoms with Gasteiger partial charge in [0.1, 0.15) is 0 Å². The van der Waals surface area contributed by atoms with E-state index in [1.54, 1.807) is 0 Å². The Labute approximate surface area is 143 Å². The number of nitrogen functional groups attached to an aromatic ring is 1. The predicted octanol–water partition coefficient (Wildman–Crippen LogP) is 3.94. The molecular weight excluding hydrogens is 298 g/mol. The first kappa shape index (κ1) is 16.4. The van der Waals surface area contributed by atoms with Crippen molar-refractivity contribution < 1.29 is 4.79 Å². The number of anilines is 2. The Hall–Kier alpha value is -2.49. The molecule has 1 saturated carbocycles. The second kappa shape index (κ2) is 7.86. The summed E-state index contributed by atoms with van der Waals surface area (Å²) in [6, 6.07) is 15.8. The second-order valence-corrected chi connectivity index (χ2v) is 6.48. The van der Waals surface area contributed by atoms with E-state index in [2.05, 4.69) is 10.6 Å². The first-order valence-corrected chi connectivity index (χ1v) is 8.70. The van der Waals surface area contributed by atoms with E-state index in [4.69, 9.17) is 5.73 Å². The molecule has 4 nitrogen and oxygen atoms in total. The number of nitrogens with one attached hydrogen (secondary N) is 2. The minimum absolute atomic E-state index is 0.0260. The van der Waals surface area contributed by atoms with E-state index in [0.29, 0.717) is 18.2 Å². The van der Waals surface area contributed by atoms with Crippen LogP contribution >= 0.6 is 0 Å². The molecule has 0 heterocycles. The molecule has 1 aliphatic rings. The van der Waals surface area contributed by atoms with E-state index < -0.39 is 0 Å². The molecule has 4 N–H and O–H groups in total. The third kappa shape index (κ3) is 4.51. The maximum Gasteiger partial charge on any atom is 0.251 e. The maximum absolute atomic E-state index is 12.4. The number of hydrogen-bond donors (Lipinski definition) is 3. The van der Waals surface area contributed by atoms with Gasteiger partial charge in [0, 0.05) is 29.5 Å². The van der Waals surface area contributed by atoms with Crippen LogP contribution in [-0.2, 0) is 6.54 Å². The standard InChI is InChI=1S/C20H25N3O/c21-17-11-9-15(10-12-17)14-22-19-8-4-5-16(13-19)20(24)23-18-6-2-1-3-7-18/h4-5,8-13,18,22H,1-3,6-7,14,21H2,(H,23,24). The van der Waals surface area contributed by atoms with Crippen molar-refractivity contribution >= 4 is 17.3 Å². The van der Waals surface area contributed by atoms with Gasteiger partial charge >= 0.3 is 0 Å². The lowest BCUT2D eigenvalue weighted by molar-refractivity contribution is 0.0928. The summed E-state index contributed by atoms with van der Waals surface area (Å²) in [6.45, 7) is 0.702. The summed E-state index contributed by atoms with van der Waals surface area (Å²) >= 11 is 0. The molecule has 1 aliphatic carbocycles. The summed E-state index contributed by atoms with van der Waals surface area (Å²) in [5.74, 6) is 0.0260. The zero-order valence-electron chi connectivity index (χ0n) is 13.9. The number of carbonyl (C=O) groups is 1. The Morgan fingerprint density at radius 2 is 1.79 bits per heavy atom. The highest BCUT2D eigenvalue weighted by Gasteiger charge is 2.16. The van der Waals surface area contributed by atoms with Crippen LogP contribution in [0, 0.1) is 0 Å². The molecule has 0 bridgehead atoms. The van der Waals surface area contributed by atoms with Crippen LogP contribution in [0.2, 0.25) is 0 Å². The fourth-order valence-electron chi connectivity index (χ4n) is 3.13. The summed E-state index contributed by atoms with van der Waals surface area (Å²) < 4.78 is 0. The molecule has 0 saturated heterocycles. The summed E-state index contributed by atoms with van der Waals surface area (Å²) in [6.07, 6.45) is 5.92. The Morgan fingerprint density at radius 1 is 1.04 bits per heavy atom. The highest BCUT2D eigenvalue weighted by molar-refractivity contribution is 5.95. The molecule has 1 fully saturated rings. The molecule has 1 amide bonds. The number of nitrogens with two attached hydrogens (primary N) is 1. The highest BCUT2D eigenvalue weighted by Crippen LogP contribution is 2.19. The summed E-state index contributed by atoms with van der Waals surface area (Å²) in [4.78, 5) is 12.4. The van der Waals surface area contributed by atoms with Gasteiger partial charge in [-0.25, -0.2) is 0 Å². The molecule has 2 aromatic rings. The zero-order valence-corrected chi connectivity index (χ0v) is 13.9. The zero-order chi connectivity index (χ0) is 16.8. The molecule has 2 aromatic carbocycles. The van der Waals surface area contributed by atoms with Crippen molar-refractivity contribution in [3.05, 3.63) is 59.7 Å². The van der Waals surface area contributed by atoms with Crippen LogP contribution in [0.4, 0.5) is 11.4 Å². The minimum Gasteiger partial charge on any atom is -0.399 e. The van der Waals surface area contributed by atoms with Gasteiger partial charge in [0.25, 0.3) is 5.91 Å². The van der Waals surface area contributed by atoms with Gasteiger partial charge < -0.3 is 16.4 Å². The van der Waals surface area contributed by atoms with Crippen LogP contribution in [-0.4, -0.2) is 11.9 Å². The number of benzene rings is 2. The van der Waals surface area contributed by atoms with Gasteiger partial charge in [0.2, 0.25) is 0 Å². The summed E-state index contributed by atoms with van der Waals surface area (Å²) in [5.41, 5.74) is 9.28. The lowest BCUT2D eigenvalue weighted by atomic mass is 9.95. The van der Waals surface area contributed by atoms with Crippen LogP contribution in [0.5, 0.6) is 0 Å². The van der Waals surface area contributed by atoms with Gasteiger partial charge in [-0.1, -0.05) is 37.5 Å². The van der Waals surface area contributed by atoms with E-state index in [9.17, 15) is 4.79 Å². The summed E-state index contributed by atoms with van der Waals surface area (Å²) in [7, 11) is 0.